The summed E-state index contributed by atoms with van der Waals surface area (Å²) in [5.41, 5.74) is -0.0232. The molecule has 0 aromatic heterocycles. The highest BCUT2D eigenvalue weighted by atomic mass is 35.5. The van der Waals surface area contributed by atoms with Gasteiger partial charge in [0, 0.05) is 31.2 Å². The number of anilines is 1. The maximum atomic E-state index is 14.1. The Morgan fingerprint density at radius 2 is 1.37 bits per heavy atom. The minimum Gasteiger partial charge on any atom is -0.363 e. The van der Waals surface area contributed by atoms with E-state index < -0.39 is 34.0 Å². The van der Waals surface area contributed by atoms with Gasteiger partial charge in [-0.15, -0.1) is 0 Å². The van der Waals surface area contributed by atoms with Crippen LogP contribution >= 0.6 is 23.2 Å². The number of piperazine rings is 1. The fourth-order valence-corrected chi connectivity index (χ4v) is 3.23. The first-order valence-corrected chi connectivity index (χ1v) is 8.83. The molecule has 0 unspecified atom stereocenters. The van der Waals surface area contributed by atoms with E-state index in [0.29, 0.717) is 5.02 Å². The van der Waals surface area contributed by atoms with Gasteiger partial charge in [-0.05, 0) is 17.7 Å². The number of amides is 1. The van der Waals surface area contributed by atoms with Crippen molar-refractivity contribution in [2.24, 2.45) is 0 Å². The van der Waals surface area contributed by atoms with Crippen LogP contribution in [0, 0.1) is 23.3 Å². The molecule has 2 aromatic carbocycles. The zero-order valence-corrected chi connectivity index (χ0v) is 15.4. The van der Waals surface area contributed by atoms with Crippen molar-refractivity contribution < 1.29 is 22.4 Å². The summed E-state index contributed by atoms with van der Waals surface area (Å²) in [4.78, 5) is 15.1. The van der Waals surface area contributed by atoms with Gasteiger partial charge in [0.15, 0.2) is 23.3 Å². The Balaban J connectivity index is 1.69. The number of hydrogen-bond acceptors (Lipinski definition) is 2. The Morgan fingerprint density at radius 1 is 0.852 bits per heavy atom. The van der Waals surface area contributed by atoms with E-state index >= 15 is 0 Å². The molecule has 1 heterocycles. The van der Waals surface area contributed by atoms with Crippen LogP contribution in [0.25, 0.3) is 0 Å². The van der Waals surface area contributed by atoms with Crippen LogP contribution in [0.2, 0.25) is 10.0 Å². The van der Waals surface area contributed by atoms with Crippen molar-refractivity contribution in [1.82, 2.24) is 4.90 Å². The molecule has 0 radical (unpaired) electrons. The minimum atomic E-state index is -1.63. The van der Waals surface area contributed by atoms with Gasteiger partial charge in [-0.1, -0.05) is 35.3 Å². The monoisotopic (exact) mass is 420 g/mol. The molecule has 27 heavy (non-hydrogen) atoms. The predicted molar refractivity (Wildman–Crippen MR) is 95.2 cm³/mol. The SMILES string of the molecule is O=C(Cc1ccc(Cl)cc1)N1CCN(c2c(F)c(F)c(Cl)c(F)c2F)CC1. The molecule has 2 aromatic rings. The van der Waals surface area contributed by atoms with E-state index in [-0.39, 0.29) is 38.5 Å². The average molecular weight is 421 g/mol. The molecule has 0 spiro atoms. The Kier molecular flexibility index (Phi) is 5.81. The van der Waals surface area contributed by atoms with Crippen molar-refractivity contribution in [2.45, 2.75) is 6.42 Å². The first kappa shape index (κ1) is 19.8. The smallest absolute Gasteiger partial charge is 0.227 e. The molecule has 3 rings (SSSR count). The zero-order chi connectivity index (χ0) is 19.7. The second kappa shape index (κ2) is 7.94. The van der Waals surface area contributed by atoms with Gasteiger partial charge >= 0.3 is 0 Å². The summed E-state index contributed by atoms with van der Waals surface area (Å²) < 4.78 is 55.4. The summed E-state index contributed by atoms with van der Waals surface area (Å²) in [5.74, 6) is -6.51. The van der Waals surface area contributed by atoms with Crippen LogP contribution in [-0.2, 0) is 11.2 Å². The lowest BCUT2D eigenvalue weighted by Gasteiger charge is -2.36. The molecule has 1 saturated heterocycles. The Hall–Kier alpha value is -1.99. The van der Waals surface area contributed by atoms with Gasteiger partial charge in [-0.2, -0.15) is 0 Å². The molecule has 1 fully saturated rings. The lowest BCUT2D eigenvalue weighted by Crippen LogP contribution is -2.49. The number of benzene rings is 2. The summed E-state index contributed by atoms with van der Waals surface area (Å²) in [7, 11) is 0. The molecule has 0 bridgehead atoms. The number of rotatable bonds is 3. The third-order valence-electron chi connectivity index (χ3n) is 4.40. The fourth-order valence-electron chi connectivity index (χ4n) is 2.94. The van der Waals surface area contributed by atoms with Gasteiger partial charge in [-0.25, -0.2) is 17.6 Å². The van der Waals surface area contributed by atoms with Crippen LogP contribution < -0.4 is 4.90 Å². The maximum absolute atomic E-state index is 14.1. The molecular weight excluding hydrogens is 407 g/mol. The standard InChI is InChI=1S/C18H14Cl2F4N2O/c19-11-3-1-10(2-4-11)9-12(27)25-5-7-26(8-6-25)18-16(23)14(21)13(20)15(22)17(18)24/h1-4H,5-9H2. The number of carbonyl (C=O) groups excluding carboxylic acids is 1. The molecule has 0 N–H and O–H groups in total. The van der Waals surface area contributed by atoms with E-state index in [1.165, 1.54) is 9.80 Å². The predicted octanol–water partition coefficient (Wildman–Crippen LogP) is 4.44. The fraction of sp³-hybridized carbons (Fsp3) is 0.278. The highest BCUT2D eigenvalue weighted by Crippen LogP contribution is 2.33. The minimum absolute atomic E-state index is 0.0285. The molecule has 3 nitrogen and oxygen atoms in total. The summed E-state index contributed by atoms with van der Waals surface area (Å²) in [6, 6.07) is 6.83. The van der Waals surface area contributed by atoms with Crippen molar-refractivity contribution in [3.05, 3.63) is 63.1 Å². The second-order valence-corrected chi connectivity index (χ2v) is 6.90. The van der Waals surface area contributed by atoms with E-state index in [1.54, 1.807) is 24.3 Å². The highest BCUT2D eigenvalue weighted by Gasteiger charge is 2.30. The van der Waals surface area contributed by atoms with Gasteiger partial charge in [-0.3, -0.25) is 4.79 Å². The second-order valence-electron chi connectivity index (χ2n) is 6.09. The third-order valence-corrected chi connectivity index (χ3v) is 4.99. The molecule has 0 saturated carbocycles. The van der Waals surface area contributed by atoms with E-state index in [9.17, 15) is 22.4 Å². The Bertz CT molecular complexity index is 840. The van der Waals surface area contributed by atoms with Crippen LogP contribution in [0.1, 0.15) is 5.56 Å². The summed E-state index contributed by atoms with van der Waals surface area (Å²) in [5, 5.41) is -0.656. The number of halogens is 6. The normalized spacial score (nSPS) is 14.6. The molecule has 1 amide bonds. The van der Waals surface area contributed by atoms with Crippen molar-refractivity contribution in [3.8, 4) is 0 Å². The quantitative estimate of drug-likeness (QED) is 0.416. The maximum Gasteiger partial charge on any atom is 0.227 e. The summed E-state index contributed by atoms with van der Waals surface area (Å²) in [6.07, 6.45) is 0.157. The van der Waals surface area contributed by atoms with Crippen LogP contribution in [0.5, 0.6) is 0 Å². The lowest BCUT2D eigenvalue weighted by atomic mass is 10.1. The van der Waals surface area contributed by atoms with E-state index in [2.05, 4.69) is 0 Å². The van der Waals surface area contributed by atoms with Crippen LogP contribution in [-0.4, -0.2) is 37.0 Å². The van der Waals surface area contributed by atoms with Gasteiger partial charge in [0.1, 0.15) is 10.7 Å². The van der Waals surface area contributed by atoms with Gasteiger partial charge in [0.05, 0.1) is 6.42 Å². The molecular formula is C18H14Cl2F4N2O. The van der Waals surface area contributed by atoms with Gasteiger partial charge in [0.2, 0.25) is 5.91 Å². The van der Waals surface area contributed by atoms with Crippen molar-refractivity contribution in [2.75, 3.05) is 31.1 Å². The summed E-state index contributed by atoms with van der Waals surface area (Å²) >= 11 is 11.0. The van der Waals surface area contributed by atoms with Gasteiger partial charge in [0.25, 0.3) is 0 Å². The number of nitrogens with zero attached hydrogens (tertiary/aromatic N) is 2. The topological polar surface area (TPSA) is 23.6 Å². The molecule has 1 aliphatic rings. The van der Waals surface area contributed by atoms with Crippen LogP contribution in [0.3, 0.4) is 0 Å². The molecule has 0 aliphatic carbocycles. The van der Waals surface area contributed by atoms with E-state index in [0.717, 1.165) is 5.56 Å². The van der Waals surface area contributed by atoms with E-state index in [1.807, 2.05) is 0 Å². The lowest BCUT2D eigenvalue weighted by molar-refractivity contribution is -0.130. The van der Waals surface area contributed by atoms with Gasteiger partial charge < -0.3 is 9.80 Å². The van der Waals surface area contributed by atoms with Crippen LogP contribution in [0.15, 0.2) is 24.3 Å². The third kappa shape index (κ3) is 3.99. The molecule has 0 atom stereocenters. The Morgan fingerprint density at radius 3 is 1.89 bits per heavy atom. The van der Waals surface area contributed by atoms with E-state index in [4.69, 9.17) is 23.2 Å². The molecule has 144 valence electrons. The van der Waals surface area contributed by atoms with Crippen molar-refractivity contribution in [1.29, 1.82) is 0 Å². The zero-order valence-electron chi connectivity index (χ0n) is 13.9. The average Bonchev–Trinajstić information content (AvgIpc) is 2.67. The molecule has 1 aliphatic heterocycles. The largest absolute Gasteiger partial charge is 0.363 e. The first-order chi connectivity index (χ1) is 12.8. The van der Waals surface area contributed by atoms with Crippen molar-refractivity contribution in [3.63, 3.8) is 0 Å². The Labute approximate surface area is 163 Å². The first-order valence-electron chi connectivity index (χ1n) is 8.08. The number of hydrogen-bond donors (Lipinski definition) is 0. The molecule has 9 heteroatoms. The number of carbonyl (C=O) groups is 1. The van der Waals surface area contributed by atoms with Crippen LogP contribution in [0.4, 0.5) is 23.2 Å². The summed E-state index contributed by atoms with van der Waals surface area (Å²) in [6.45, 7) is 0.385. The highest BCUT2D eigenvalue weighted by molar-refractivity contribution is 6.31. The van der Waals surface area contributed by atoms with Crippen molar-refractivity contribution >= 4 is 34.8 Å².